The number of hydrogen-bond acceptors (Lipinski definition) is 5. The number of H-pyrrole nitrogens is 1. The fourth-order valence-electron chi connectivity index (χ4n) is 4.15. The summed E-state index contributed by atoms with van der Waals surface area (Å²) in [5, 5.41) is 7.48. The minimum absolute atomic E-state index is 0.184. The average Bonchev–Trinajstić information content (AvgIpc) is 3.04. The van der Waals surface area contributed by atoms with Crippen LogP contribution >= 0.6 is 0 Å². The van der Waals surface area contributed by atoms with Gasteiger partial charge in [-0.3, -0.25) is 19.3 Å². The molecular weight excluding hydrogens is 370 g/mol. The molecule has 0 spiro atoms. The number of rotatable bonds is 3. The van der Waals surface area contributed by atoms with Crippen LogP contribution in [0.3, 0.4) is 0 Å². The third-order valence-electron chi connectivity index (χ3n) is 5.88. The van der Waals surface area contributed by atoms with Gasteiger partial charge in [-0.15, -0.1) is 0 Å². The molecule has 0 aliphatic carbocycles. The van der Waals surface area contributed by atoms with E-state index in [1.165, 1.54) is 12.8 Å². The smallest absolute Gasteiger partial charge is 0.275 e. The van der Waals surface area contributed by atoms with Crippen molar-refractivity contribution < 1.29 is 9.59 Å². The molecular formula is C21H27N5O3. The van der Waals surface area contributed by atoms with Crippen LogP contribution in [0.1, 0.15) is 36.2 Å². The Kier molecular flexibility index (Phi) is 5.89. The van der Waals surface area contributed by atoms with Crippen LogP contribution in [0.4, 0.5) is 0 Å². The molecule has 3 heterocycles. The third-order valence-corrected chi connectivity index (χ3v) is 5.88. The Balaban J connectivity index is 1.37. The van der Waals surface area contributed by atoms with E-state index in [2.05, 4.69) is 15.1 Å². The molecule has 0 atom stereocenters. The molecule has 2 amide bonds. The molecule has 2 saturated heterocycles. The van der Waals surface area contributed by atoms with Crippen LogP contribution in [0.15, 0.2) is 29.1 Å². The van der Waals surface area contributed by atoms with E-state index in [1.807, 2.05) is 4.90 Å². The molecule has 1 aromatic carbocycles. The number of nitrogens with one attached hydrogen (secondary N) is 1. The number of benzene rings is 1. The van der Waals surface area contributed by atoms with Crippen molar-refractivity contribution in [3.8, 4) is 0 Å². The summed E-state index contributed by atoms with van der Waals surface area (Å²) in [5.74, 6) is 0.0101. The predicted octanol–water partition coefficient (Wildman–Crippen LogP) is 1.08. The van der Waals surface area contributed by atoms with Gasteiger partial charge in [-0.05, 0) is 18.9 Å². The lowest BCUT2D eigenvalue weighted by atomic mass is 10.1. The number of hydrogen-bond donors (Lipinski definition) is 1. The Hall–Kier alpha value is -2.74. The molecule has 29 heavy (non-hydrogen) atoms. The highest BCUT2D eigenvalue weighted by Gasteiger charge is 2.27. The monoisotopic (exact) mass is 397 g/mol. The first kappa shape index (κ1) is 19.6. The lowest BCUT2D eigenvalue weighted by molar-refractivity contribution is -0.132. The number of fused-ring (bicyclic) bond motifs is 1. The van der Waals surface area contributed by atoms with Crippen molar-refractivity contribution in [1.29, 1.82) is 0 Å². The normalized spacial score (nSPS) is 18.6. The van der Waals surface area contributed by atoms with Gasteiger partial charge in [0.25, 0.3) is 11.5 Å². The molecule has 8 heteroatoms. The Morgan fingerprint density at radius 1 is 0.862 bits per heavy atom. The second-order valence-electron chi connectivity index (χ2n) is 7.81. The Bertz CT molecular complexity index is 941. The number of aromatic nitrogens is 2. The van der Waals surface area contributed by atoms with E-state index in [4.69, 9.17) is 0 Å². The quantitative estimate of drug-likeness (QED) is 0.837. The summed E-state index contributed by atoms with van der Waals surface area (Å²) < 4.78 is 0. The zero-order valence-electron chi connectivity index (χ0n) is 16.6. The van der Waals surface area contributed by atoms with Gasteiger partial charge in [0, 0.05) is 44.7 Å². The van der Waals surface area contributed by atoms with Crippen molar-refractivity contribution >= 4 is 22.6 Å². The van der Waals surface area contributed by atoms with Crippen LogP contribution in [-0.4, -0.2) is 82.5 Å². The number of nitrogens with zero attached hydrogens (tertiary/aromatic N) is 4. The fourth-order valence-corrected chi connectivity index (χ4v) is 4.15. The molecule has 2 aliphatic heterocycles. The first-order chi connectivity index (χ1) is 14.1. The van der Waals surface area contributed by atoms with Gasteiger partial charge in [0.15, 0.2) is 5.69 Å². The number of aromatic amines is 1. The lowest BCUT2D eigenvalue weighted by Gasteiger charge is -2.35. The van der Waals surface area contributed by atoms with E-state index in [-0.39, 0.29) is 23.1 Å². The zero-order chi connectivity index (χ0) is 20.2. The van der Waals surface area contributed by atoms with Crippen molar-refractivity contribution in [2.24, 2.45) is 0 Å². The van der Waals surface area contributed by atoms with Gasteiger partial charge in [-0.25, -0.2) is 5.10 Å². The van der Waals surface area contributed by atoms with Crippen molar-refractivity contribution in [3.63, 3.8) is 0 Å². The molecule has 0 radical (unpaired) electrons. The predicted molar refractivity (Wildman–Crippen MR) is 110 cm³/mol. The second kappa shape index (κ2) is 8.73. The van der Waals surface area contributed by atoms with E-state index >= 15 is 0 Å². The highest BCUT2D eigenvalue weighted by Crippen LogP contribution is 2.16. The highest BCUT2D eigenvalue weighted by atomic mass is 16.2. The second-order valence-corrected chi connectivity index (χ2v) is 7.81. The largest absolute Gasteiger partial charge is 0.342 e. The van der Waals surface area contributed by atoms with Crippen molar-refractivity contribution in [3.05, 3.63) is 40.3 Å². The summed E-state index contributed by atoms with van der Waals surface area (Å²) in [5.41, 5.74) is -0.0247. The number of likely N-dealkylation sites (tertiary alicyclic amines) is 1. The minimum Gasteiger partial charge on any atom is -0.342 e. The van der Waals surface area contributed by atoms with Gasteiger partial charge >= 0.3 is 0 Å². The van der Waals surface area contributed by atoms with Gasteiger partial charge in [0.2, 0.25) is 5.91 Å². The number of piperazine rings is 1. The molecule has 2 fully saturated rings. The van der Waals surface area contributed by atoms with Gasteiger partial charge in [-0.1, -0.05) is 31.0 Å². The zero-order valence-corrected chi connectivity index (χ0v) is 16.6. The molecule has 0 unspecified atom stereocenters. The summed E-state index contributed by atoms with van der Waals surface area (Å²) in [6.45, 7) is 4.55. The lowest BCUT2D eigenvalue weighted by Crippen LogP contribution is -2.51. The van der Waals surface area contributed by atoms with Gasteiger partial charge in [0.05, 0.1) is 11.9 Å². The van der Waals surface area contributed by atoms with E-state index in [0.717, 1.165) is 25.9 Å². The average molecular weight is 397 g/mol. The molecule has 8 nitrogen and oxygen atoms in total. The molecule has 0 bridgehead atoms. The molecule has 1 aromatic heterocycles. The molecule has 2 aromatic rings. The Morgan fingerprint density at radius 2 is 1.52 bits per heavy atom. The van der Waals surface area contributed by atoms with Crippen molar-refractivity contribution in [1.82, 2.24) is 24.9 Å². The summed E-state index contributed by atoms with van der Waals surface area (Å²) in [6.07, 6.45) is 4.60. The van der Waals surface area contributed by atoms with Crippen molar-refractivity contribution in [2.45, 2.75) is 25.7 Å². The summed E-state index contributed by atoms with van der Waals surface area (Å²) in [7, 11) is 0. The Labute approximate surface area is 169 Å². The SMILES string of the molecule is O=C(CN1CCN(C(=O)c2n[nH]c(=O)c3ccccc23)CC1)N1CCCCCC1. The van der Waals surface area contributed by atoms with Crippen LogP contribution < -0.4 is 5.56 Å². The number of amides is 2. The summed E-state index contributed by atoms with van der Waals surface area (Å²) in [6, 6.07) is 7.01. The van der Waals surface area contributed by atoms with E-state index in [0.29, 0.717) is 43.5 Å². The number of carbonyl (C=O) groups excluding carboxylic acids is 2. The molecule has 2 aliphatic rings. The number of carbonyl (C=O) groups is 2. The van der Waals surface area contributed by atoms with Crippen LogP contribution in [0, 0.1) is 0 Å². The fraction of sp³-hybridized carbons (Fsp3) is 0.524. The van der Waals surface area contributed by atoms with E-state index in [1.54, 1.807) is 29.2 Å². The van der Waals surface area contributed by atoms with Crippen molar-refractivity contribution in [2.75, 3.05) is 45.8 Å². The maximum Gasteiger partial charge on any atom is 0.275 e. The molecule has 0 saturated carbocycles. The minimum atomic E-state index is -0.297. The maximum absolute atomic E-state index is 13.0. The van der Waals surface area contributed by atoms with Crippen LogP contribution in [0.2, 0.25) is 0 Å². The third kappa shape index (κ3) is 4.32. The van der Waals surface area contributed by atoms with E-state index < -0.39 is 0 Å². The standard InChI is InChI=1S/C21H27N5O3/c27-18(25-9-5-1-2-6-10-25)15-24-11-13-26(14-12-24)21(29)19-16-7-3-4-8-17(16)20(28)23-22-19/h3-4,7-8H,1-2,5-6,9-15H2,(H,23,28). The molecule has 4 rings (SSSR count). The van der Waals surface area contributed by atoms with Gasteiger partial charge < -0.3 is 9.80 Å². The highest BCUT2D eigenvalue weighted by molar-refractivity contribution is 6.04. The van der Waals surface area contributed by atoms with E-state index in [9.17, 15) is 14.4 Å². The van der Waals surface area contributed by atoms with Gasteiger partial charge in [-0.2, -0.15) is 5.10 Å². The molecule has 1 N–H and O–H groups in total. The maximum atomic E-state index is 13.0. The van der Waals surface area contributed by atoms with Gasteiger partial charge in [0.1, 0.15) is 0 Å². The summed E-state index contributed by atoms with van der Waals surface area (Å²) >= 11 is 0. The first-order valence-electron chi connectivity index (χ1n) is 10.4. The Morgan fingerprint density at radius 3 is 2.21 bits per heavy atom. The van der Waals surface area contributed by atoms with Crippen LogP contribution in [-0.2, 0) is 4.79 Å². The van der Waals surface area contributed by atoms with Crippen LogP contribution in [0.25, 0.3) is 10.8 Å². The molecule has 154 valence electrons. The topological polar surface area (TPSA) is 89.6 Å². The summed E-state index contributed by atoms with van der Waals surface area (Å²) in [4.78, 5) is 43.4. The first-order valence-corrected chi connectivity index (χ1v) is 10.4. The van der Waals surface area contributed by atoms with Crippen LogP contribution in [0.5, 0.6) is 0 Å².